The van der Waals surface area contributed by atoms with Gasteiger partial charge >= 0.3 is 0 Å². The van der Waals surface area contributed by atoms with Crippen molar-refractivity contribution in [3.05, 3.63) is 70.3 Å². The molecule has 0 N–H and O–H groups in total. The quantitative estimate of drug-likeness (QED) is 0.684. The molecule has 0 saturated carbocycles. The Morgan fingerprint density at radius 1 is 1.25 bits per heavy atom. The monoisotopic (exact) mass is 372 g/mol. The third-order valence-electron chi connectivity index (χ3n) is 5.05. The standard InChI is InChI=1S/C22H24N6/c1-15(2)7-17-8-16(3)20(10-23)22(9-17)27-11-18-12-28(26-21(18)14-27)13-19-5-4-6-24-25-19/h4-6,8-9,12,15H,7,11,13-14H2,1-3H3. The zero-order valence-corrected chi connectivity index (χ0v) is 16.6. The van der Waals surface area contributed by atoms with Gasteiger partial charge in [0.2, 0.25) is 0 Å². The fourth-order valence-corrected chi connectivity index (χ4v) is 3.87. The van der Waals surface area contributed by atoms with Gasteiger partial charge in [-0.25, -0.2) is 0 Å². The molecule has 0 saturated heterocycles. The molecular weight excluding hydrogens is 348 g/mol. The van der Waals surface area contributed by atoms with Crippen molar-refractivity contribution in [2.24, 2.45) is 5.92 Å². The van der Waals surface area contributed by atoms with E-state index < -0.39 is 0 Å². The van der Waals surface area contributed by atoms with Crippen molar-refractivity contribution in [1.82, 2.24) is 20.0 Å². The van der Waals surface area contributed by atoms with Gasteiger partial charge in [0, 0.05) is 24.5 Å². The average Bonchev–Trinajstić information content (AvgIpc) is 3.20. The number of rotatable bonds is 5. The van der Waals surface area contributed by atoms with Gasteiger partial charge in [0.15, 0.2) is 0 Å². The summed E-state index contributed by atoms with van der Waals surface area (Å²) < 4.78 is 1.93. The van der Waals surface area contributed by atoms with Crippen LogP contribution in [0.15, 0.2) is 36.7 Å². The number of aromatic nitrogens is 4. The summed E-state index contributed by atoms with van der Waals surface area (Å²) in [6.45, 7) is 8.59. The van der Waals surface area contributed by atoms with Gasteiger partial charge in [-0.2, -0.15) is 20.6 Å². The number of benzene rings is 1. The molecule has 6 heteroatoms. The Morgan fingerprint density at radius 2 is 2.11 bits per heavy atom. The van der Waals surface area contributed by atoms with Crippen LogP contribution in [-0.4, -0.2) is 20.0 Å². The van der Waals surface area contributed by atoms with Gasteiger partial charge in [-0.05, 0) is 48.6 Å². The SMILES string of the molecule is Cc1cc(CC(C)C)cc(N2Cc3cn(Cc4cccnn4)nc3C2)c1C#N. The first kappa shape index (κ1) is 18.2. The molecule has 0 aliphatic carbocycles. The smallest absolute Gasteiger partial charge is 0.102 e. The van der Waals surface area contributed by atoms with Crippen LogP contribution in [0.3, 0.4) is 0 Å². The number of nitrogens with zero attached hydrogens (tertiary/aromatic N) is 6. The van der Waals surface area contributed by atoms with E-state index in [-0.39, 0.29) is 0 Å². The predicted molar refractivity (Wildman–Crippen MR) is 108 cm³/mol. The van der Waals surface area contributed by atoms with Crippen LogP contribution in [0.25, 0.3) is 0 Å². The highest BCUT2D eigenvalue weighted by Gasteiger charge is 2.25. The second kappa shape index (κ2) is 7.43. The van der Waals surface area contributed by atoms with Crippen LogP contribution in [0.1, 0.15) is 47.5 Å². The highest BCUT2D eigenvalue weighted by atomic mass is 15.3. The summed E-state index contributed by atoms with van der Waals surface area (Å²) >= 11 is 0. The minimum atomic E-state index is 0.583. The first-order valence-corrected chi connectivity index (χ1v) is 9.64. The summed E-state index contributed by atoms with van der Waals surface area (Å²) in [6.07, 6.45) is 4.77. The minimum Gasteiger partial charge on any atom is -0.360 e. The Hall–Kier alpha value is -3.20. The van der Waals surface area contributed by atoms with E-state index in [1.54, 1.807) is 6.20 Å². The maximum Gasteiger partial charge on any atom is 0.102 e. The normalized spacial score (nSPS) is 13.0. The molecular formula is C22H24N6. The second-order valence-electron chi connectivity index (χ2n) is 7.89. The summed E-state index contributed by atoms with van der Waals surface area (Å²) in [7, 11) is 0. The number of aryl methyl sites for hydroxylation is 1. The lowest BCUT2D eigenvalue weighted by Crippen LogP contribution is -2.18. The molecule has 3 aromatic rings. The summed E-state index contributed by atoms with van der Waals surface area (Å²) in [4.78, 5) is 2.26. The summed E-state index contributed by atoms with van der Waals surface area (Å²) in [5.74, 6) is 0.583. The van der Waals surface area contributed by atoms with Crippen LogP contribution < -0.4 is 4.90 Å². The van der Waals surface area contributed by atoms with Crippen molar-refractivity contribution >= 4 is 5.69 Å². The van der Waals surface area contributed by atoms with Crippen LogP contribution in [-0.2, 0) is 26.1 Å². The molecule has 0 fully saturated rings. The second-order valence-corrected chi connectivity index (χ2v) is 7.89. The van der Waals surface area contributed by atoms with Gasteiger partial charge in [0.05, 0.1) is 35.7 Å². The molecule has 0 amide bonds. The first-order chi connectivity index (χ1) is 13.5. The molecule has 28 heavy (non-hydrogen) atoms. The average molecular weight is 372 g/mol. The molecule has 0 unspecified atom stereocenters. The fourth-order valence-electron chi connectivity index (χ4n) is 3.87. The largest absolute Gasteiger partial charge is 0.360 e. The van der Waals surface area contributed by atoms with Crippen LogP contribution in [0.2, 0.25) is 0 Å². The maximum absolute atomic E-state index is 9.70. The zero-order valence-electron chi connectivity index (χ0n) is 16.6. The molecule has 0 spiro atoms. The number of hydrogen-bond donors (Lipinski definition) is 0. The fraction of sp³-hybridized carbons (Fsp3) is 0.364. The molecule has 3 heterocycles. The van der Waals surface area contributed by atoms with Crippen LogP contribution in [0.5, 0.6) is 0 Å². The van der Waals surface area contributed by atoms with Crippen molar-refractivity contribution in [3.63, 3.8) is 0 Å². The van der Waals surface area contributed by atoms with Crippen molar-refractivity contribution < 1.29 is 0 Å². The zero-order chi connectivity index (χ0) is 19.7. The summed E-state index contributed by atoms with van der Waals surface area (Å²) in [5.41, 5.74) is 7.30. The van der Waals surface area contributed by atoms with E-state index in [2.05, 4.69) is 53.3 Å². The molecule has 6 nitrogen and oxygen atoms in total. The van der Waals surface area contributed by atoms with Crippen molar-refractivity contribution in [3.8, 4) is 6.07 Å². The number of hydrogen-bond acceptors (Lipinski definition) is 5. The van der Waals surface area contributed by atoms with E-state index in [0.717, 1.165) is 47.7 Å². The van der Waals surface area contributed by atoms with Crippen molar-refractivity contribution in [2.75, 3.05) is 4.90 Å². The van der Waals surface area contributed by atoms with E-state index in [4.69, 9.17) is 5.10 Å². The third-order valence-corrected chi connectivity index (χ3v) is 5.05. The molecule has 142 valence electrons. The Morgan fingerprint density at radius 3 is 2.79 bits per heavy atom. The Labute approximate surface area is 165 Å². The lowest BCUT2D eigenvalue weighted by molar-refractivity contribution is 0.641. The van der Waals surface area contributed by atoms with E-state index in [1.165, 1.54) is 11.1 Å². The van der Waals surface area contributed by atoms with E-state index in [0.29, 0.717) is 12.5 Å². The lowest BCUT2D eigenvalue weighted by atomic mass is 9.97. The van der Waals surface area contributed by atoms with Crippen molar-refractivity contribution in [2.45, 2.75) is 46.8 Å². The van der Waals surface area contributed by atoms with Gasteiger partial charge in [0.25, 0.3) is 0 Å². The summed E-state index contributed by atoms with van der Waals surface area (Å²) in [5, 5.41) is 22.5. The molecule has 4 rings (SSSR count). The van der Waals surface area contributed by atoms with Crippen molar-refractivity contribution in [1.29, 1.82) is 5.26 Å². The molecule has 1 aliphatic rings. The first-order valence-electron chi connectivity index (χ1n) is 9.64. The van der Waals surface area contributed by atoms with Gasteiger partial charge < -0.3 is 4.90 Å². The van der Waals surface area contributed by atoms with E-state index in [9.17, 15) is 5.26 Å². The molecule has 0 atom stereocenters. The predicted octanol–water partition coefficient (Wildman–Crippen LogP) is 3.62. The van der Waals surface area contributed by atoms with Gasteiger partial charge in [-0.3, -0.25) is 4.68 Å². The van der Waals surface area contributed by atoms with Crippen LogP contribution in [0.4, 0.5) is 5.69 Å². The Kier molecular flexibility index (Phi) is 4.82. The highest BCUT2D eigenvalue weighted by molar-refractivity contribution is 5.65. The molecule has 1 aromatic carbocycles. The molecule has 0 radical (unpaired) electrons. The number of fused-ring (bicyclic) bond motifs is 1. The minimum absolute atomic E-state index is 0.583. The lowest BCUT2D eigenvalue weighted by Gasteiger charge is -2.22. The van der Waals surface area contributed by atoms with E-state index in [1.807, 2.05) is 23.7 Å². The topological polar surface area (TPSA) is 70.6 Å². The number of nitriles is 1. The maximum atomic E-state index is 9.70. The van der Waals surface area contributed by atoms with Gasteiger partial charge in [-0.15, -0.1) is 0 Å². The van der Waals surface area contributed by atoms with E-state index >= 15 is 0 Å². The molecule has 1 aliphatic heterocycles. The highest BCUT2D eigenvalue weighted by Crippen LogP contribution is 2.33. The molecule has 0 bridgehead atoms. The Bertz CT molecular complexity index is 1010. The molecule has 2 aromatic heterocycles. The van der Waals surface area contributed by atoms with Crippen LogP contribution in [0, 0.1) is 24.2 Å². The van der Waals surface area contributed by atoms with Gasteiger partial charge in [0.1, 0.15) is 6.07 Å². The summed E-state index contributed by atoms with van der Waals surface area (Å²) in [6, 6.07) is 10.6. The van der Waals surface area contributed by atoms with Crippen LogP contribution >= 0.6 is 0 Å². The van der Waals surface area contributed by atoms with Gasteiger partial charge in [-0.1, -0.05) is 19.9 Å². The Balaban J connectivity index is 1.57. The third kappa shape index (κ3) is 3.61. The number of anilines is 1.